The Kier molecular flexibility index (Phi) is 3.43. The monoisotopic (exact) mass is 441 g/mol. The number of benzene rings is 1. The first-order valence-electron chi connectivity index (χ1n) is 7.41. The Morgan fingerprint density at radius 1 is 1.09 bits per heavy atom. The minimum absolute atomic E-state index is 0.0693. The Balaban J connectivity index is 1.73. The molecule has 0 unspecified atom stereocenters. The summed E-state index contributed by atoms with van der Waals surface area (Å²) in [5.41, 5.74) is 0.422. The smallest absolute Gasteiger partial charge is 0.335 e. The lowest BCUT2D eigenvalue weighted by Crippen LogP contribution is -2.37. The van der Waals surface area contributed by atoms with E-state index in [9.17, 15) is 14.4 Å². The minimum atomic E-state index is -1.08. The average molecular weight is 443 g/mol. The molecule has 2 saturated carbocycles. The number of nitrogens with zero attached hydrogens (tertiary/aromatic N) is 1. The maximum absolute atomic E-state index is 12.8. The second-order valence-corrected chi connectivity index (χ2v) is 8.49. The fraction of sp³-hybridized carbons (Fsp3) is 0.438. The van der Waals surface area contributed by atoms with Crippen molar-refractivity contribution in [2.45, 2.75) is 16.1 Å². The molecular weight excluding hydrogens is 430 g/mol. The number of fused-ring (bicyclic) bond motifs is 5. The van der Waals surface area contributed by atoms with Crippen molar-refractivity contribution in [3.05, 3.63) is 29.8 Å². The highest BCUT2D eigenvalue weighted by Crippen LogP contribution is 2.60. The van der Waals surface area contributed by atoms with E-state index in [0.29, 0.717) is 5.69 Å². The molecule has 0 radical (unpaired) electrons. The number of halogens is 2. The van der Waals surface area contributed by atoms with Gasteiger partial charge in [-0.25, -0.2) is 4.79 Å². The Morgan fingerprint density at radius 2 is 1.65 bits per heavy atom. The second-order valence-electron chi connectivity index (χ2n) is 6.37. The second kappa shape index (κ2) is 5.14. The molecule has 1 N–H and O–H groups in total. The predicted molar refractivity (Wildman–Crippen MR) is 89.9 cm³/mol. The van der Waals surface area contributed by atoms with Crippen LogP contribution < -0.4 is 4.90 Å². The summed E-state index contributed by atoms with van der Waals surface area (Å²) in [4.78, 5) is 38.4. The largest absolute Gasteiger partial charge is 0.478 e. The molecule has 7 heteroatoms. The number of rotatable bonds is 2. The van der Waals surface area contributed by atoms with Gasteiger partial charge < -0.3 is 5.11 Å². The number of amides is 2. The highest BCUT2D eigenvalue weighted by atomic mass is 79.9. The van der Waals surface area contributed by atoms with Crippen molar-refractivity contribution in [1.82, 2.24) is 0 Å². The summed E-state index contributed by atoms with van der Waals surface area (Å²) >= 11 is 7.29. The van der Waals surface area contributed by atoms with Crippen LogP contribution in [0.25, 0.3) is 0 Å². The van der Waals surface area contributed by atoms with E-state index in [-0.39, 0.29) is 50.7 Å². The van der Waals surface area contributed by atoms with Crippen LogP contribution in [-0.4, -0.2) is 32.5 Å². The lowest BCUT2D eigenvalue weighted by atomic mass is 9.81. The molecule has 6 atom stereocenters. The molecule has 1 aromatic carbocycles. The van der Waals surface area contributed by atoms with Gasteiger partial charge in [-0.05, 0) is 36.5 Å². The maximum atomic E-state index is 12.8. The third-order valence-corrected chi connectivity index (χ3v) is 8.55. The molecule has 3 fully saturated rings. The number of imide groups is 1. The fourth-order valence-corrected chi connectivity index (χ4v) is 6.25. The first-order chi connectivity index (χ1) is 10.9. The molecule has 1 aliphatic heterocycles. The molecule has 1 aromatic rings. The fourth-order valence-electron chi connectivity index (χ4n) is 4.38. The van der Waals surface area contributed by atoms with Crippen LogP contribution in [-0.2, 0) is 9.59 Å². The van der Waals surface area contributed by atoms with Crippen LogP contribution in [0.3, 0.4) is 0 Å². The van der Waals surface area contributed by atoms with E-state index in [1.54, 1.807) is 12.1 Å². The molecule has 1 saturated heterocycles. The Bertz CT molecular complexity index is 705. The van der Waals surface area contributed by atoms with Crippen molar-refractivity contribution in [2.24, 2.45) is 23.7 Å². The van der Waals surface area contributed by atoms with E-state index >= 15 is 0 Å². The summed E-state index contributed by atoms with van der Waals surface area (Å²) in [6, 6.07) is 6.01. The third kappa shape index (κ3) is 1.99. The lowest BCUT2D eigenvalue weighted by molar-refractivity contribution is -0.123. The standard InChI is InChI=1S/C16H13Br2NO4/c17-12-8-5-9(13(12)18)11-10(8)14(20)19(15(11)21)7-3-1-2-6(4-7)16(22)23/h1-4,8-13H,5H2,(H,22,23)/t8-,9-,10+,11+,12-,13-/m1/s1. The van der Waals surface area contributed by atoms with Gasteiger partial charge in [-0.2, -0.15) is 0 Å². The van der Waals surface area contributed by atoms with Gasteiger partial charge in [0, 0.05) is 9.65 Å². The topological polar surface area (TPSA) is 74.7 Å². The van der Waals surface area contributed by atoms with E-state index in [1.165, 1.54) is 17.0 Å². The van der Waals surface area contributed by atoms with Crippen LogP contribution in [0.2, 0.25) is 0 Å². The number of carboxylic acids is 1. The lowest BCUT2D eigenvalue weighted by Gasteiger charge is -2.28. The number of carbonyl (C=O) groups excluding carboxylic acids is 2. The molecule has 2 amide bonds. The number of hydrogen-bond acceptors (Lipinski definition) is 3. The summed E-state index contributed by atoms with van der Waals surface area (Å²) in [6.07, 6.45) is 0.877. The molecule has 2 aliphatic carbocycles. The normalized spacial score (nSPS) is 38.3. The molecule has 23 heavy (non-hydrogen) atoms. The van der Waals surface area contributed by atoms with Crippen LogP contribution >= 0.6 is 31.9 Å². The molecule has 4 rings (SSSR count). The Hall–Kier alpha value is -1.21. The summed E-state index contributed by atoms with van der Waals surface area (Å²) < 4.78 is 0. The maximum Gasteiger partial charge on any atom is 0.335 e. The van der Waals surface area contributed by atoms with Gasteiger partial charge in [-0.15, -0.1) is 0 Å². The van der Waals surface area contributed by atoms with Gasteiger partial charge in [0.15, 0.2) is 0 Å². The number of anilines is 1. The number of aromatic carboxylic acids is 1. The van der Waals surface area contributed by atoms with Crippen LogP contribution in [0.5, 0.6) is 0 Å². The zero-order valence-corrected chi connectivity index (χ0v) is 15.0. The first kappa shape index (κ1) is 15.3. The van der Waals surface area contributed by atoms with Crippen LogP contribution in [0, 0.1) is 23.7 Å². The van der Waals surface area contributed by atoms with Crippen LogP contribution in [0.1, 0.15) is 16.8 Å². The van der Waals surface area contributed by atoms with E-state index in [1.807, 2.05) is 0 Å². The highest BCUT2D eigenvalue weighted by Gasteiger charge is 2.66. The van der Waals surface area contributed by atoms with Gasteiger partial charge in [-0.1, -0.05) is 37.9 Å². The molecule has 120 valence electrons. The number of alkyl halides is 2. The van der Waals surface area contributed by atoms with Crippen LogP contribution in [0.4, 0.5) is 5.69 Å². The van der Waals surface area contributed by atoms with E-state index in [2.05, 4.69) is 31.9 Å². The zero-order valence-electron chi connectivity index (χ0n) is 11.9. The van der Waals surface area contributed by atoms with Crippen molar-refractivity contribution in [3.63, 3.8) is 0 Å². The number of carbonyl (C=O) groups is 3. The molecule has 5 nitrogen and oxygen atoms in total. The van der Waals surface area contributed by atoms with Crippen molar-refractivity contribution in [1.29, 1.82) is 0 Å². The molecule has 0 aromatic heterocycles. The summed E-state index contributed by atoms with van der Waals surface area (Å²) in [5.74, 6) is -1.75. The molecular formula is C16H13Br2NO4. The molecule has 3 aliphatic rings. The molecule has 0 spiro atoms. The van der Waals surface area contributed by atoms with Crippen molar-refractivity contribution < 1.29 is 19.5 Å². The highest BCUT2D eigenvalue weighted by molar-refractivity contribution is 9.12. The zero-order chi connectivity index (χ0) is 16.5. The van der Waals surface area contributed by atoms with Gasteiger partial charge in [0.25, 0.3) is 0 Å². The van der Waals surface area contributed by atoms with E-state index in [4.69, 9.17) is 5.11 Å². The van der Waals surface area contributed by atoms with Crippen LogP contribution in [0.15, 0.2) is 24.3 Å². The quantitative estimate of drug-likeness (QED) is 0.564. The molecule has 2 bridgehead atoms. The molecule has 1 heterocycles. The van der Waals surface area contributed by atoms with Gasteiger partial charge >= 0.3 is 5.97 Å². The minimum Gasteiger partial charge on any atom is -0.478 e. The van der Waals surface area contributed by atoms with E-state index in [0.717, 1.165) is 6.42 Å². The SMILES string of the molecule is O=C(O)c1cccc(N2C(=O)[C@H]3[C@H]4C[C@@H]([C@@H](Br)[C@@H]4Br)[C@@H]3C2=O)c1. The number of hydrogen-bond donors (Lipinski definition) is 1. The number of carboxylic acid groups (broad SMARTS) is 1. The van der Waals surface area contributed by atoms with E-state index < -0.39 is 5.97 Å². The average Bonchev–Trinajstić information content (AvgIpc) is 3.12. The van der Waals surface area contributed by atoms with Crippen molar-refractivity contribution in [2.75, 3.05) is 4.90 Å². The van der Waals surface area contributed by atoms with Gasteiger partial charge in [0.05, 0.1) is 23.1 Å². The van der Waals surface area contributed by atoms with Gasteiger partial charge in [0.2, 0.25) is 11.8 Å². The van der Waals surface area contributed by atoms with Crippen molar-refractivity contribution in [3.8, 4) is 0 Å². The predicted octanol–water partition coefficient (Wildman–Crippen LogP) is 2.67. The third-order valence-electron chi connectivity index (χ3n) is 5.34. The van der Waals surface area contributed by atoms with Gasteiger partial charge in [0.1, 0.15) is 0 Å². The van der Waals surface area contributed by atoms with Crippen molar-refractivity contribution >= 4 is 55.3 Å². The Morgan fingerprint density at radius 3 is 2.17 bits per heavy atom. The summed E-state index contributed by atoms with van der Waals surface area (Å²) in [5, 5.41) is 9.11. The van der Waals surface area contributed by atoms with Gasteiger partial charge in [-0.3, -0.25) is 14.5 Å². The summed E-state index contributed by atoms with van der Waals surface area (Å²) in [6.45, 7) is 0. The Labute approximate surface area is 149 Å². The first-order valence-corrected chi connectivity index (χ1v) is 9.24. The summed E-state index contributed by atoms with van der Waals surface area (Å²) in [7, 11) is 0.